The van der Waals surface area contributed by atoms with Gasteiger partial charge in [-0.15, -0.1) is 0 Å². The minimum Gasteiger partial charge on any atom is -0.432 e. The van der Waals surface area contributed by atoms with Gasteiger partial charge in [0.2, 0.25) is 0 Å². The van der Waals surface area contributed by atoms with Crippen LogP contribution in [0, 0.1) is 0 Å². The molecule has 0 atom stereocenters. The maximum Gasteiger partial charge on any atom is 0.543 e. The molecule has 40 heavy (non-hydrogen) atoms. The van der Waals surface area contributed by atoms with E-state index in [0.717, 1.165) is 11.1 Å². The summed E-state index contributed by atoms with van der Waals surface area (Å²) >= 11 is 0. The van der Waals surface area contributed by atoms with Gasteiger partial charge in [0.25, 0.3) is 0 Å². The Morgan fingerprint density at radius 2 is 0.850 bits per heavy atom. The first-order chi connectivity index (χ1) is 18.8. The minimum atomic E-state index is -1.24. The predicted octanol–water partition coefficient (Wildman–Crippen LogP) is 6.08. The molecule has 0 bridgehead atoms. The first kappa shape index (κ1) is 32.1. The fourth-order valence-electron chi connectivity index (χ4n) is 3.02. The lowest BCUT2D eigenvalue weighted by molar-refractivity contribution is -0.452. The fraction of sp³-hybridized carbons (Fsp3) is 0.429. The van der Waals surface area contributed by atoms with Crippen molar-refractivity contribution in [2.75, 3.05) is 13.2 Å². The third kappa shape index (κ3) is 11.3. The average Bonchev–Trinajstić information content (AvgIpc) is 2.89. The topological polar surface area (TPSA) is 142 Å². The molecule has 0 amide bonds. The van der Waals surface area contributed by atoms with Crippen molar-refractivity contribution < 1.29 is 58.3 Å². The molecular weight excluding hydrogens is 528 g/mol. The lowest BCUT2D eigenvalue weighted by Crippen LogP contribution is -2.15. The van der Waals surface area contributed by atoms with E-state index in [4.69, 9.17) is 9.47 Å². The van der Waals surface area contributed by atoms with Gasteiger partial charge in [-0.25, -0.2) is 29.0 Å². The van der Waals surface area contributed by atoms with Crippen molar-refractivity contribution in [2.24, 2.45) is 0 Å². The van der Waals surface area contributed by atoms with E-state index in [1.807, 2.05) is 41.5 Å². The monoisotopic (exact) mass is 562 g/mol. The number of hydrogen-bond acceptors (Lipinski definition) is 12. The van der Waals surface area contributed by atoms with Gasteiger partial charge in [0.1, 0.15) is 0 Å². The van der Waals surface area contributed by atoms with Gasteiger partial charge >= 0.3 is 24.2 Å². The number of unbranched alkanes of at least 4 members (excludes halogenated alkanes) is 1. The van der Waals surface area contributed by atoms with Crippen molar-refractivity contribution in [1.82, 2.24) is 0 Å². The quantitative estimate of drug-likeness (QED) is 0.136. The van der Waals surface area contributed by atoms with Crippen LogP contribution in [-0.2, 0) is 49.9 Å². The van der Waals surface area contributed by atoms with E-state index >= 15 is 0 Å². The lowest BCUT2D eigenvalue weighted by atomic mass is 9.87. The second kappa shape index (κ2) is 14.8. The van der Waals surface area contributed by atoms with Crippen LogP contribution in [0.3, 0.4) is 0 Å². The molecular formula is C28H34O12. The third-order valence-corrected chi connectivity index (χ3v) is 5.38. The van der Waals surface area contributed by atoms with Crippen LogP contribution < -0.4 is 0 Å². The summed E-state index contributed by atoms with van der Waals surface area (Å²) in [5.41, 5.74) is 2.31. The molecule has 0 saturated carbocycles. The molecule has 12 nitrogen and oxygen atoms in total. The number of carbonyl (C=O) groups is 4. The van der Waals surface area contributed by atoms with Crippen LogP contribution in [0.1, 0.15) is 86.2 Å². The molecule has 12 heteroatoms. The summed E-state index contributed by atoms with van der Waals surface area (Å²) in [4.78, 5) is 64.0. The zero-order valence-electron chi connectivity index (χ0n) is 23.3. The Kier molecular flexibility index (Phi) is 11.9. The van der Waals surface area contributed by atoms with Gasteiger partial charge in [-0.05, 0) is 59.1 Å². The zero-order chi connectivity index (χ0) is 29.8. The molecule has 0 fully saturated rings. The highest BCUT2D eigenvalue weighted by molar-refractivity contribution is 5.89. The fourth-order valence-corrected chi connectivity index (χ4v) is 3.02. The molecule has 2 aromatic rings. The maximum atomic E-state index is 11.9. The van der Waals surface area contributed by atoms with Crippen molar-refractivity contribution in [2.45, 2.75) is 65.2 Å². The van der Waals surface area contributed by atoms with E-state index in [2.05, 4.69) is 29.6 Å². The molecule has 2 aromatic carbocycles. The summed E-state index contributed by atoms with van der Waals surface area (Å²) < 4.78 is 9.44. The molecule has 0 saturated heterocycles. The minimum absolute atomic E-state index is 0.0771. The summed E-state index contributed by atoms with van der Waals surface area (Å²) in [6.45, 7) is 12.0. The molecule has 218 valence electrons. The van der Waals surface area contributed by atoms with Crippen molar-refractivity contribution in [1.29, 1.82) is 0 Å². The number of hydrogen-bond donors (Lipinski definition) is 0. The molecule has 0 aliphatic heterocycles. The Hall–Kier alpha value is -4.16. The van der Waals surface area contributed by atoms with Crippen LogP contribution >= 0.6 is 0 Å². The van der Waals surface area contributed by atoms with Crippen molar-refractivity contribution in [3.05, 3.63) is 70.8 Å². The molecule has 0 heterocycles. The van der Waals surface area contributed by atoms with Crippen molar-refractivity contribution in [3.63, 3.8) is 0 Å². The second-order valence-corrected chi connectivity index (χ2v) is 10.6. The van der Waals surface area contributed by atoms with Gasteiger partial charge in [-0.2, -0.15) is 0 Å². The van der Waals surface area contributed by atoms with Crippen LogP contribution in [0.2, 0.25) is 0 Å². The molecule has 0 spiro atoms. The highest BCUT2D eigenvalue weighted by Gasteiger charge is 2.18. The van der Waals surface area contributed by atoms with E-state index in [-0.39, 0.29) is 48.0 Å². The van der Waals surface area contributed by atoms with Crippen LogP contribution in [-0.4, -0.2) is 37.5 Å². The van der Waals surface area contributed by atoms with E-state index in [9.17, 15) is 19.2 Å². The van der Waals surface area contributed by atoms with Crippen LogP contribution in [0.4, 0.5) is 9.59 Å². The normalized spacial score (nSPS) is 11.2. The Labute approximate surface area is 232 Å². The average molecular weight is 563 g/mol. The Bertz CT molecular complexity index is 1030. The Morgan fingerprint density at radius 1 is 0.525 bits per heavy atom. The summed E-state index contributed by atoms with van der Waals surface area (Å²) in [5.74, 6) is -1.71. The predicted molar refractivity (Wildman–Crippen MR) is 137 cm³/mol. The Morgan fingerprint density at radius 3 is 1.15 bits per heavy atom. The van der Waals surface area contributed by atoms with Gasteiger partial charge in [0.15, 0.2) is 0 Å². The molecule has 0 unspecified atom stereocenters. The molecule has 0 aliphatic rings. The summed E-state index contributed by atoms with van der Waals surface area (Å²) in [5, 5.41) is 8.32. The van der Waals surface area contributed by atoms with Crippen molar-refractivity contribution in [3.8, 4) is 0 Å². The molecule has 2 rings (SSSR count). The Balaban J connectivity index is 1.50. The molecule has 0 radical (unpaired) electrons. The third-order valence-electron chi connectivity index (χ3n) is 5.38. The summed E-state index contributed by atoms with van der Waals surface area (Å²) in [6, 6.07) is 13.4. The van der Waals surface area contributed by atoms with E-state index in [1.54, 1.807) is 48.5 Å². The smallest absolute Gasteiger partial charge is 0.432 e. The molecule has 0 aromatic heterocycles. The highest BCUT2D eigenvalue weighted by Crippen LogP contribution is 2.23. The van der Waals surface area contributed by atoms with Gasteiger partial charge < -0.3 is 9.47 Å². The summed E-state index contributed by atoms with van der Waals surface area (Å²) in [7, 11) is 0. The summed E-state index contributed by atoms with van der Waals surface area (Å²) in [6.07, 6.45) is -1.91. The largest absolute Gasteiger partial charge is 0.543 e. The number of carbonyl (C=O) groups excluding carboxylic acids is 4. The van der Waals surface area contributed by atoms with Gasteiger partial charge in [0, 0.05) is 0 Å². The van der Waals surface area contributed by atoms with Crippen molar-refractivity contribution >= 4 is 24.2 Å². The standard InChI is InChI=1S/C28H34O12/c1-27(2,3)21-13-9-19(10-14-21)23(29)35-39-37-25(31)33-17-7-8-18-34-26(32)38-40-36-24(30)20-11-15-22(16-12-20)28(4,5)6/h9-16H,7-8,17-18H2,1-6H3. The number of rotatable bonds is 11. The molecule has 0 aliphatic carbocycles. The lowest BCUT2D eigenvalue weighted by Gasteiger charge is -2.18. The van der Waals surface area contributed by atoms with E-state index in [1.165, 1.54) is 0 Å². The van der Waals surface area contributed by atoms with Crippen LogP contribution in [0.15, 0.2) is 48.5 Å². The van der Waals surface area contributed by atoms with Gasteiger partial charge in [-0.1, -0.05) is 65.8 Å². The molecule has 0 N–H and O–H groups in total. The number of benzene rings is 2. The van der Waals surface area contributed by atoms with E-state index < -0.39 is 24.2 Å². The number of ether oxygens (including phenoxy) is 2. The van der Waals surface area contributed by atoms with Gasteiger partial charge in [0.05, 0.1) is 34.4 Å². The first-order valence-corrected chi connectivity index (χ1v) is 12.4. The SMILES string of the molecule is CC(C)(C)c1ccc(C(=O)OOOC(=O)OCCCCOC(=O)OOOC(=O)c2ccc(C(C)(C)C)cc2)cc1. The second-order valence-electron chi connectivity index (χ2n) is 10.6. The highest BCUT2D eigenvalue weighted by atomic mass is 17.5. The van der Waals surface area contributed by atoms with Crippen LogP contribution in [0.25, 0.3) is 0 Å². The first-order valence-electron chi connectivity index (χ1n) is 12.4. The zero-order valence-corrected chi connectivity index (χ0v) is 23.3. The maximum absolute atomic E-state index is 11.9. The van der Waals surface area contributed by atoms with E-state index in [0.29, 0.717) is 0 Å². The van der Waals surface area contributed by atoms with Gasteiger partial charge in [-0.3, -0.25) is 9.78 Å². The van der Waals surface area contributed by atoms with Crippen LogP contribution in [0.5, 0.6) is 0 Å².